The average Bonchev–Trinajstić information content (AvgIpc) is 3.23. The number of hydrogen-bond donors (Lipinski definition) is 0. The van der Waals surface area contributed by atoms with Crippen molar-refractivity contribution in [2.45, 2.75) is 76.7 Å². The van der Waals surface area contributed by atoms with Gasteiger partial charge in [0.05, 0.1) is 5.41 Å². The van der Waals surface area contributed by atoms with Crippen LogP contribution in [-0.2, 0) is 19.1 Å². The molecule has 7 heteroatoms. The molecule has 2 aromatic rings. The van der Waals surface area contributed by atoms with Crippen LogP contribution in [0.5, 0.6) is 0 Å². The Morgan fingerprint density at radius 3 is 2.46 bits per heavy atom. The number of hydrogen-bond acceptors (Lipinski definition) is 6. The molecule has 5 unspecified atom stereocenters. The number of fused-ring (bicyclic) bond motifs is 4. The highest BCUT2D eigenvalue weighted by Gasteiger charge is 2.76. The Morgan fingerprint density at radius 2 is 1.79 bits per heavy atom. The Labute approximate surface area is 230 Å². The van der Waals surface area contributed by atoms with Crippen LogP contribution < -0.4 is 0 Å². The number of halogens is 1. The minimum atomic E-state index is -1.28. The van der Waals surface area contributed by atoms with E-state index < -0.39 is 28.5 Å². The van der Waals surface area contributed by atoms with Crippen molar-refractivity contribution in [2.24, 2.45) is 10.8 Å². The van der Waals surface area contributed by atoms with E-state index in [1.165, 1.54) is 17.7 Å². The summed E-state index contributed by atoms with van der Waals surface area (Å²) in [7, 11) is 0. The number of rotatable bonds is 7. The Balaban J connectivity index is 1.16. The molecule has 208 valence electrons. The molecule has 1 aliphatic carbocycles. The van der Waals surface area contributed by atoms with E-state index in [2.05, 4.69) is 40.1 Å². The topological polar surface area (TPSA) is 59.1 Å². The maximum atomic E-state index is 13.8. The van der Waals surface area contributed by atoms with E-state index in [1.54, 1.807) is 12.1 Å². The van der Waals surface area contributed by atoms with Gasteiger partial charge >= 0.3 is 11.9 Å². The maximum Gasteiger partial charge on any atom is 0.351 e. The van der Waals surface area contributed by atoms with Gasteiger partial charge in [0, 0.05) is 50.1 Å². The monoisotopic (exact) mass is 534 g/mol. The SMILES string of the molecule is CC12CCC(C(=O)OC(CCN3CCN4C[C@@H]3CCC4c3ccccc3)c3ccc(F)cc3)(OC1=O)C2(C)C. The second-order valence-corrected chi connectivity index (χ2v) is 12.6. The molecule has 39 heavy (non-hydrogen) atoms. The predicted molar refractivity (Wildman–Crippen MR) is 145 cm³/mol. The van der Waals surface area contributed by atoms with Gasteiger partial charge in [0.2, 0.25) is 5.60 Å². The summed E-state index contributed by atoms with van der Waals surface area (Å²) in [5, 5.41) is 0. The van der Waals surface area contributed by atoms with Gasteiger partial charge in [0.15, 0.2) is 0 Å². The lowest BCUT2D eigenvalue weighted by atomic mass is 9.66. The fraction of sp³-hybridized carbons (Fsp3) is 0.562. The smallest absolute Gasteiger partial charge is 0.351 e. The fourth-order valence-electron chi connectivity index (χ4n) is 7.53. The van der Waals surface area contributed by atoms with Crippen LogP contribution in [0.3, 0.4) is 0 Å². The number of piperazine rings is 1. The lowest BCUT2D eigenvalue weighted by Gasteiger charge is -2.49. The first kappa shape index (κ1) is 26.5. The number of carbonyl (C=O) groups is 2. The van der Waals surface area contributed by atoms with Gasteiger partial charge < -0.3 is 9.47 Å². The first-order valence-corrected chi connectivity index (χ1v) is 14.4. The third kappa shape index (κ3) is 4.20. The zero-order chi connectivity index (χ0) is 27.4. The highest BCUT2D eigenvalue weighted by atomic mass is 19.1. The number of ether oxygens (including phenoxy) is 2. The Kier molecular flexibility index (Phi) is 6.58. The number of benzene rings is 2. The molecule has 6 nitrogen and oxygen atoms in total. The normalized spacial score (nSPS) is 33.9. The van der Waals surface area contributed by atoms with Crippen molar-refractivity contribution in [3.8, 4) is 0 Å². The summed E-state index contributed by atoms with van der Waals surface area (Å²) < 4.78 is 25.8. The van der Waals surface area contributed by atoms with Gasteiger partial charge in [-0.15, -0.1) is 0 Å². The third-order valence-corrected chi connectivity index (χ3v) is 10.6. The number of nitrogens with zero attached hydrogens (tertiary/aromatic N) is 2. The predicted octanol–water partition coefficient (Wildman–Crippen LogP) is 5.44. The van der Waals surface area contributed by atoms with Crippen LogP contribution in [0.2, 0.25) is 0 Å². The number of piperidine rings is 1. The molecular weight excluding hydrogens is 495 g/mol. The van der Waals surface area contributed by atoms with Crippen LogP contribution in [0, 0.1) is 16.6 Å². The lowest BCUT2D eigenvalue weighted by molar-refractivity contribution is -0.188. The molecule has 2 aromatic carbocycles. The van der Waals surface area contributed by atoms with E-state index in [-0.39, 0.29) is 11.8 Å². The molecule has 6 atom stereocenters. The quantitative estimate of drug-likeness (QED) is 0.441. The van der Waals surface area contributed by atoms with Crippen LogP contribution in [-0.4, -0.2) is 59.6 Å². The highest BCUT2D eigenvalue weighted by Crippen LogP contribution is 2.66. The largest absolute Gasteiger partial charge is 0.454 e. The number of esters is 2. The van der Waals surface area contributed by atoms with Crippen LogP contribution in [0.25, 0.3) is 0 Å². The molecule has 0 N–H and O–H groups in total. The van der Waals surface area contributed by atoms with Crippen LogP contribution >= 0.6 is 0 Å². The van der Waals surface area contributed by atoms with E-state index >= 15 is 0 Å². The fourth-order valence-corrected chi connectivity index (χ4v) is 7.53. The van der Waals surface area contributed by atoms with Gasteiger partial charge in [0.1, 0.15) is 11.9 Å². The van der Waals surface area contributed by atoms with E-state index in [0.717, 1.165) is 44.6 Å². The average molecular weight is 535 g/mol. The van der Waals surface area contributed by atoms with Crippen molar-refractivity contribution in [1.29, 1.82) is 0 Å². The zero-order valence-corrected chi connectivity index (χ0v) is 23.2. The van der Waals surface area contributed by atoms with E-state index in [0.29, 0.717) is 31.3 Å². The minimum Gasteiger partial charge on any atom is -0.454 e. The Morgan fingerprint density at radius 1 is 1.05 bits per heavy atom. The lowest BCUT2D eigenvalue weighted by Crippen LogP contribution is -2.57. The van der Waals surface area contributed by atoms with Crippen molar-refractivity contribution in [1.82, 2.24) is 9.80 Å². The van der Waals surface area contributed by atoms with Crippen LogP contribution in [0.15, 0.2) is 54.6 Å². The van der Waals surface area contributed by atoms with Gasteiger partial charge in [0.25, 0.3) is 0 Å². The van der Waals surface area contributed by atoms with Gasteiger partial charge in [-0.25, -0.2) is 9.18 Å². The van der Waals surface area contributed by atoms with Crippen molar-refractivity contribution in [3.05, 3.63) is 71.5 Å². The molecule has 3 heterocycles. The first-order chi connectivity index (χ1) is 18.6. The molecule has 3 aliphatic heterocycles. The Hall–Kier alpha value is -2.77. The minimum absolute atomic E-state index is 0.321. The van der Waals surface area contributed by atoms with Crippen molar-refractivity contribution in [3.63, 3.8) is 0 Å². The molecule has 0 amide bonds. The molecular formula is C32H39FN2O4. The van der Waals surface area contributed by atoms with Gasteiger partial charge in [-0.1, -0.05) is 56.3 Å². The second-order valence-electron chi connectivity index (χ2n) is 12.6. The summed E-state index contributed by atoms with van der Waals surface area (Å²) >= 11 is 0. The molecule has 6 rings (SSSR count). The Bertz CT molecular complexity index is 1230. The second kappa shape index (κ2) is 9.70. The standard InChI is InChI=1S/C32H39FN2O4/c1-30(2)31(3)16-17-32(30,39-28(31)36)29(37)38-27(23-9-11-24(33)12-10-23)15-18-34-19-20-35-21-25(34)13-14-26(35)22-7-5-4-6-8-22/h4-12,25-27H,13-21H2,1-3H3/t25-,26?,27?,31?,32?/m0/s1. The molecule has 1 saturated carbocycles. The van der Waals surface area contributed by atoms with E-state index in [9.17, 15) is 14.0 Å². The van der Waals surface area contributed by atoms with Crippen LogP contribution in [0.4, 0.5) is 4.39 Å². The first-order valence-electron chi connectivity index (χ1n) is 14.4. The summed E-state index contributed by atoms with van der Waals surface area (Å²) in [6, 6.07) is 17.9. The molecule has 0 aromatic heterocycles. The van der Waals surface area contributed by atoms with Gasteiger partial charge in [-0.2, -0.15) is 0 Å². The summed E-state index contributed by atoms with van der Waals surface area (Å²) in [5.74, 6) is -1.13. The zero-order valence-electron chi connectivity index (χ0n) is 23.2. The van der Waals surface area contributed by atoms with Crippen LogP contribution in [0.1, 0.15) is 76.1 Å². The summed E-state index contributed by atoms with van der Waals surface area (Å²) in [6.45, 7) is 9.54. The van der Waals surface area contributed by atoms with Crippen molar-refractivity contribution in [2.75, 3.05) is 26.2 Å². The van der Waals surface area contributed by atoms with Gasteiger partial charge in [-0.05, 0) is 55.9 Å². The van der Waals surface area contributed by atoms with E-state index in [4.69, 9.17) is 9.47 Å². The number of carbonyl (C=O) groups excluding carboxylic acids is 2. The third-order valence-electron chi connectivity index (χ3n) is 10.6. The maximum absolute atomic E-state index is 13.8. The summed E-state index contributed by atoms with van der Waals surface area (Å²) in [5.41, 5.74) is -0.496. The van der Waals surface area contributed by atoms with Crippen molar-refractivity contribution >= 4 is 11.9 Å². The molecule has 4 aliphatic rings. The molecule has 4 bridgehead atoms. The molecule has 3 saturated heterocycles. The summed E-state index contributed by atoms with van der Waals surface area (Å²) in [4.78, 5) is 31.6. The molecule has 4 fully saturated rings. The molecule has 0 spiro atoms. The molecule has 0 radical (unpaired) electrons. The van der Waals surface area contributed by atoms with E-state index in [1.807, 2.05) is 20.8 Å². The highest BCUT2D eigenvalue weighted by molar-refractivity contribution is 5.93. The van der Waals surface area contributed by atoms with Crippen molar-refractivity contribution < 1.29 is 23.5 Å². The summed E-state index contributed by atoms with van der Waals surface area (Å²) in [6.07, 6.45) is 3.37. The van der Waals surface area contributed by atoms with Gasteiger partial charge in [-0.3, -0.25) is 14.6 Å².